The van der Waals surface area contributed by atoms with Crippen molar-refractivity contribution in [3.63, 3.8) is 0 Å². The number of aromatic nitrogens is 2. The maximum atomic E-state index is 2.35. The number of hydrogen-bond acceptors (Lipinski definition) is 0. The van der Waals surface area contributed by atoms with Crippen LogP contribution in [0.4, 0.5) is 0 Å². The molecule has 0 aliphatic rings. The molecule has 0 unspecified atom stereocenters. The molecule has 0 radical (unpaired) electrons. The summed E-state index contributed by atoms with van der Waals surface area (Å²) in [6.45, 7) is 5.64. The van der Waals surface area contributed by atoms with Gasteiger partial charge in [-0.05, 0) is 12.8 Å². The Bertz CT molecular complexity index is 289. The molecule has 0 N–H and O–H groups in total. The van der Waals surface area contributed by atoms with Gasteiger partial charge in [-0.2, -0.15) is 0 Å². The minimum absolute atomic E-state index is 1.18. The minimum atomic E-state index is 1.18. The van der Waals surface area contributed by atoms with Crippen molar-refractivity contribution in [3.8, 4) is 0 Å². The third-order valence-electron chi connectivity index (χ3n) is 3.40. The Labute approximate surface area is 100 Å². The average Bonchev–Trinajstić information content (AvgIpc) is 2.59. The van der Waals surface area contributed by atoms with Crippen molar-refractivity contribution in [2.45, 2.75) is 65.3 Å². The molecule has 0 fully saturated rings. The van der Waals surface area contributed by atoms with Gasteiger partial charge in [0.1, 0.15) is 12.4 Å². The van der Waals surface area contributed by atoms with E-state index < -0.39 is 0 Å². The van der Waals surface area contributed by atoms with Crippen LogP contribution in [0, 0.1) is 6.92 Å². The summed E-state index contributed by atoms with van der Waals surface area (Å²) in [5, 5.41) is 0. The molecule has 0 spiro atoms. The number of hydrogen-bond donors (Lipinski definition) is 0. The lowest BCUT2D eigenvalue weighted by Gasteiger charge is -2.01. The van der Waals surface area contributed by atoms with Crippen molar-refractivity contribution in [2.75, 3.05) is 0 Å². The Morgan fingerprint density at radius 3 is 2.25 bits per heavy atom. The predicted octanol–water partition coefficient (Wildman–Crippen LogP) is 3.37. The lowest BCUT2D eigenvalue weighted by Crippen LogP contribution is -2.29. The van der Waals surface area contributed by atoms with Crippen molar-refractivity contribution in [3.05, 3.63) is 18.2 Å². The highest BCUT2D eigenvalue weighted by Crippen LogP contribution is 2.08. The third kappa shape index (κ3) is 4.38. The normalized spacial score (nSPS) is 10.9. The van der Waals surface area contributed by atoms with Crippen molar-refractivity contribution in [2.24, 2.45) is 7.05 Å². The number of unbranched alkanes of at least 4 members (excludes halogenated alkanes) is 6. The lowest BCUT2D eigenvalue weighted by molar-refractivity contribution is -0.677. The predicted molar refractivity (Wildman–Crippen MR) is 68.3 cm³/mol. The molecule has 0 amide bonds. The molecule has 0 bridgehead atoms. The molecule has 2 heteroatoms. The average molecular weight is 223 g/mol. The molecule has 16 heavy (non-hydrogen) atoms. The molecule has 0 aliphatic heterocycles. The van der Waals surface area contributed by atoms with Gasteiger partial charge in [-0.1, -0.05) is 39.0 Å². The van der Waals surface area contributed by atoms with Gasteiger partial charge in [0.05, 0.1) is 13.6 Å². The van der Waals surface area contributed by atoms with Crippen molar-refractivity contribution in [1.29, 1.82) is 0 Å². The summed E-state index contributed by atoms with van der Waals surface area (Å²) in [6, 6.07) is 0. The van der Waals surface area contributed by atoms with Crippen LogP contribution < -0.4 is 4.57 Å². The van der Waals surface area contributed by atoms with Gasteiger partial charge in [0.25, 0.3) is 5.82 Å². The Hall–Kier alpha value is -0.790. The first-order chi connectivity index (χ1) is 7.75. The van der Waals surface area contributed by atoms with Gasteiger partial charge in [0.15, 0.2) is 0 Å². The van der Waals surface area contributed by atoms with Crippen LogP contribution in [0.25, 0.3) is 0 Å². The van der Waals surface area contributed by atoms with Crippen LogP contribution in [0.1, 0.15) is 57.7 Å². The zero-order chi connectivity index (χ0) is 11.8. The van der Waals surface area contributed by atoms with Gasteiger partial charge in [-0.25, -0.2) is 9.13 Å². The second-order valence-electron chi connectivity index (χ2n) is 4.77. The van der Waals surface area contributed by atoms with Gasteiger partial charge in [-0.3, -0.25) is 0 Å². The highest BCUT2D eigenvalue weighted by atomic mass is 15.1. The van der Waals surface area contributed by atoms with E-state index >= 15 is 0 Å². The topological polar surface area (TPSA) is 8.81 Å². The van der Waals surface area contributed by atoms with Crippen LogP contribution in [0.2, 0.25) is 0 Å². The standard InChI is InChI=1S/C14H27N2/c1-4-5-6-7-8-9-10-11-16-13-12-15(3)14(16)2/h12-13H,4-11H2,1-3H3/q+1. The van der Waals surface area contributed by atoms with Gasteiger partial charge >= 0.3 is 0 Å². The Balaban J connectivity index is 2.05. The smallest absolute Gasteiger partial charge is 0.237 e. The molecular formula is C14H27N2+. The van der Waals surface area contributed by atoms with Crippen LogP contribution in [-0.4, -0.2) is 4.57 Å². The molecular weight excluding hydrogens is 196 g/mol. The van der Waals surface area contributed by atoms with Crippen LogP contribution in [0.3, 0.4) is 0 Å². The number of rotatable bonds is 8. The fraction of sp³-hybridized carbons (Fsp3) is 0.786. The first-order valence-electron chi connectivity index (χ1n) is 6.77. The molecule has 92 valence electrons. The van der Waals surface area contributed by atoms with E-state index in [0.29, 0.717) is 0 Å². The third-order valence-corrected chi connectivity index (χ3v) is 3.40. The van der Waals surface area contributed by atoms with E-state index in [4.69, 9.17) is 0 Å². The number of imidazole rings is 1. The summed E-state index contributed by atoms with van der Waals surface area (Å²) in [7, 11) is 2.11. The molecule has 0 saturated heterocycles. The van der Waals surface area contributed by atoms with Crippen LogP contribution in [0.15, 0.2) is 12.4 Å². The first-order valence-corrected chi connectivity index (χ1v) is 6.77. The number of nitrogens with zero attached hydrogens (tertiary/aromatic N) is 2. The first kappa shape index (κ1) is 13.3. The Morgan fingerprint density at radius 2 is 1.69 bits per heavy atom. The summed E-state index contributed by atoms with van der Waals surface area (Å²) >= 11 is 0. The lowest BCUT2D eigenvalue weighted by atomic mass is 10.1. The summed E-state index contributed by atoms with van der Waals surface area (Å²) < 4.78 is 4.54. The van der Waals surface area contributed by atoms with Crippen LogP contribution in [-0.2, 0) is 13.6 Å². The molecule has 1 aromatic rings. The van der Waals surface area contributed by atoms with E-state index in [1.54, 1.807) is 0 Å². The maximum Gasteiger partial charge on any atom is 0.253 e. The quantitative estimate of drug-likeness (QED) is 0.472. The fourth-order valence-corrected chi connectivity index (χ4v) is 2.07. The molecule has 1 rings (SSSR count). The van der Waals surface area contributed by atoms with E-state index in [-0.39, 0.29) is 0 Å². The zero-order valence-corrected chi connectivity index (χ0v) is 11.2. The molecule has 0 aromatic carbocycles. The van der Waals surface area contributed by atoms with E-state index in [2.05, 4.69) is 42.4 Å². The maximum absolute atomic E-state index is 2.35. The summed E-state index contributed by atoms with van der Waals surface area (Å²) in [5.74, 6) is 1.35. The van der Waals surface area contributed by atoms with E-state index in [1.807, 2.05) is 0 Å². The highest BCUT2D eigenvalue weighted by molar-refractivity contribution is 4.78. The molecule has 1 heterocycles. The molecule has 1 aromatic heterocycles. The van der Waals surface area contributed by atoms with E-state index in [9.17, 15) is 0 Å². The monoisotopic (exact) mass is 223 g/mol. The molecule has 0 atom stereocenters. The van der Waals surface area contributed by atoms with Crippen molar-refractivity contribution < 1.29 is 4.57 Å². The van der Waals surface area contributed by atoms with Gasteiger partial charge in [-0.15, -0.1) is 0 Å². The van der Waals surface area contributed by atoms with E-state index in [1.165, 1.54) is 57.3 Å². The van der Waals surface area contributed by atoms with Crippen LogP contribution >= 0.6 is 0 Å². The van der Waals surface area contributed by atoms with Gasteiger partial charge in [0.2, 0.25) is 0 Å². The van der Waals surface area contributed by atoms with Crippen LogP contribution in [0.5, 0.6) is 0 Å². The second kappa shape index (κ2) is 7.48. The van der Waals surface area contributed by atoms with E-state index in [0.717, 1.165) is 0 Å². The highest BCUT2D eigenvalue weighted by Gasteiger charge is 2.07. The molecule has 2 nitrogen and oxygen atoms in total. The SMILES string of the molecule is CCCCCCCCCn1cc[n+](C)c1C. The Kier molecular flexibility index (Phi) is 6.20. The molecule has 0 aliphatic carbocycles. The number of aryl methyl sites for hydroxylation is 2. The largest absolute Gasteiger partial charge is 0.253 e. The second-order valence-corrected chi connectivity index (χ2v) is 4.77. The molecule has 0 saturated carbocycles. The Morgan fingerprint density at radius 1 is 1.06 bits per heavy atom. The summed E-state index contributed by atoms with van der Waals surface area (Å²) in [6.07, 6.45) is 14.0. The fourth-order valence-electron chi connectivity index (χ4n) is 2.07. The zero-order valence-electron chi connectivity index (χ0n) is 11.2. The van der Waals surface area contributed by atoms with Crippen molar-refractivity contribution >= 4 is 0 Å². The minimum Gasteiger partial charge on any atom is -0.237 e. The summed E-state index contributed by atoms with van der Waals surface area (Å²) in [4.78, 5) is 0. The van der Waals surface area contributed by atoms with Gasteiger partial charge in [0, 0.05) is 6.92 Å². The van der Waals surface area contributed by atoms with Gasteiger partial charge < -0.3 is 0 Å². The summed E-state index contributed by atoms with van der Waals surface area (Å²) in [5.41, 5.74) is 0. The van der Waals surface area contributed by atoms with Crippen molar-refractivity contribution in [1.82, 2.24) is 4.57 Å².